The first-order chi connectivity index (χ1) is 13.2. The number of thioether (sulfide) groups is 1. The number of benzene rings is 2. The number of nitrogens with one attached hydrogen (secondary N) is 1. The molecule has 2 unspecified atom stereocenters. The average Bonchev–Trinajstić information content (AvgIpc) is 3.34. The monoisotopic (exact) mass is 397 g/mol. The van der Waals surface area contributed by atoms with E-state index in [9.17, 15) is 4.79 Å². The third-order valence-electron chi connectivity index (χ3n) is 5.13. The standard InChI is InChI=1S/C21H23N3OS2/c1-14(20(25)22-15-8-3-5-11-18(15)26-2)24-13-7-10-17(24)21-23-16-9-4-6-12-19(16)27-21/h3-6,8-9,11-12,14,17H,7,10,13H2,1-2H3,(H,22,25). The van der Waals surface area contributed by atoms with Gasteiger partial charge in [0.05, 0.1) is 28.0 Å². The molecule has 140 valence electrons. The maximum Gasteiger partial charge on any atom is 0.241 e. The Hall–Kier alpha value is -1.89. The zero-order chi connectivity index (χ0) is 18.8. The Balaban J connectivity index is 1.53. The van der Waals surface area contributed by atoms with Gasteiger partial charge in [0.15, 0.2) is 0 Å². The van der Waals surface area contributed by atoms with Crippen molar-refractivity contribution in [3.63, 3.8) is 0 Å². The van der Waals surface area contributed by atoms with Gasteiger partial charge < -0.3 is 5.32 Å². The Morgan fingerprint density at radius 3 is 2.85 bits per heavy atom. The first kappa shape index (κ1) is 18.5. The normalized spacial score (nSPS) is 18.7. The van der Waals surface area contributed by atoms with Crippen LogP contribution in [0.4, 0.5) is 5.69 Å². The lowest BCUT2D eigenvalue weighted by Crippen LogP contribution is -2.41. The molecule has 0 bridgehead atoms. The fourth-order valence-electron chi connectivity index (χ4n) is 3.69. The van der Waals surface area contributed by atoms with Gasteiger partial charge in [-0.25, -0.2) is 4.98 Å². The lowest BCUT2D eigenvalue weighted by Gasteiger charge is -2.28. The summed E-state index contributed by atoms with van der Waals surface area (Å²) < 4.78 is 1.21. The van der Waals surface area contributed by atoms with E-state index >= 15 is 0 Å². The molecule has 1 N–H and O–H groups in total. The molecule has 2 heterocycles. The quantitative estimate of drug-likeness (QED) is 0.602. The van der Waals surface area contributed by atoms with Crippen LogP contribution in [0.15, 0.2) is 53.4 Å². The van der Waals surface area contributed by atoms with Gasteiger partial charge in [-0.2, -0.15) is 0 Å². The summed E-state index contributed by atoms with van der Waals surface area (Å²) >= 11 is 3.39. The number of carbonyl (C=O) groups is 1. The number of nitrogens with zero attached hydrogens (tertiary/aromatic N) is 2. The minimum Gasteiger partial charge on any atom is -0.324 e. The highest BCUT2D eigenvalue weighted by Crippen LogP contribution is 2.37. The summed E-state index contributed by atoms with van der Waals surface area (Å²) in [6, 6.07) is 16.2. The minimum absolute atomic E-state index is 0.0458. The number of para-hydroxylation sites is 2. The largest absolute Gasteiger partial charge is 0.324 e. The van der Waals surface area contributed by atoms with Crippen molar-refractivity contribution < 1.29 is 4.79 Å². The maximum absolute atomic E-state index is 12.9. The van der Waals surface area contributed by atoms with Crippen LogP contribution in [0.2, 0.25) is 0 Å². The van der Waals surface area contributed by atoms with Gasteiger partial charge in [-0.15, -0.1) is 23.1 Å². The zero-order valence-electron chi connectivity index (χ0n) is 15.5. The summed E-state index contributed by atoms with van der Waals surface area (Å²) in [6.07, 6.45) is 4.18. The Morgan fingerprint density at radius 1 is 1.26 bits per heavy atom. The van der Waals surface area contributed by atoms with Gasteiger partial charge in [0, 0.05) is 4.90 Å². The molecule has 0 aliphatic carbocycles. The van der Waals surface area contributed by atoms with Gasteiger partial charge in [-0.05, 0) is 56.8 Å². The van der Waals surface area contributed by atoms with Crippen molar-refractivity contribution in [1.29, 1.82) is 0 Å². The van der Waals surface area contributed by atoms with Gasteiger partial charge in [0.25, 0.3) is 0 Å². The SMILES string of the molecule is CSc1ccccc1NC(=O)C(C)N1CCCC1c1nc2ccccc2s1. The summed E-state index contributed by atoms with van der Waals surface area (Å²) in [6.45, 7) is 2.93. The molecule has 0 spiro atoms. The molecule has 1 aliphatic rings. The molecule has 0 radical (unpaired) electrons. The van der Waals surface area contributed by atoms with Gasteiger partial charge >= 0.3 is 0 Å². The summed E-state index contributed by atoms with van der Waals surface area (Å²) in [4.78, 5) is 21.2. The van der Waals surface area contributed by atoms with E-state index in [2.05, 4.69) is 28.4 Å². The van der Waals surface area contributed by atoms with Crippen LogP contribution in [0, 0.1) is 0 Å². The predicted octanol–water partition coefficient (Wildman–Crippen LogP) is 5.18. The second-order valence-corrected chi connectivity index (χ2v) is 8.69. The van der Waals surface area contributed by atoms with Crippen molar-refractivity contribution in [1.82, 2.24) is 9.88 Å². The molecular formula is C21H23N3OS2. The smallest absolute Gasteiger partial charge is 0.241 e. The van der Waals surface area contributed by atoms with E-state index in [1.165, 1.54) is 4.70 Å². The van der Waals surface area contributed by atoms with Crippen molar-refractivity contribution in [2.45, 2.75) is 36.7 Å². The highest BCUT2D eigenvalue weighted by Gasteiger charge is 2.34. The van der Waals surface area contributed by atoms with Crippen molar-refractivity contribution in [3.05, 3.63) is 53.5 Å². The summed E-state index contributed by atoms with van der Waals surface area (Å²) in [7, 11) is 0. The highest BCUT2D eigenvalue weighted by molar-refractivity contribution is 7.98. The second-order valence-electron chi connectivity index (χ2n) is 6.78. The molecular weight excluding hydrogens is 374 g/mol. The average molecular weight is 398 g/mol. The maximum atomic E-state index is 12.9. The molecule has 1 aromatic heterocycles. The predicted molar refractivity (Wildman–Crippen MR) is 115 cm³/mol. The minimum atomic E-state index is -0.195. The fourth-order valence-corrected chi connectivity index (χ4v) is 5.36. The Morgan fingerprint density at radius 2 is 2.04 bits per heavy atom. The summed E-state index contributed by atoms with van der Waals surface area (Å²) in [5, 5.41) is 4.24. The number of amides is 1. The summed E-state index contributed by atoms with van der Waals surface area (Å²) in [5.74, 6) is 0.0458. The van der Waals surface area contributed by atoms with Gasteiger partial charge in [-0.3, -0.25) is 9.69 Å². The molecule has 4 nitrogen and oxygen atoms in total. The van der Waals surface area contributed by atoms with Crippen LogP contribution in [-0.2, 0) is 4.79 Å². The topological polar surface area (TPSA) is 45.2 Å². The van der Waals surface area contributed by atoms with E-state index in [0.717, 1.165) is 40.5 Å². The molecule has 1 amide bonds. The lowest BCUT2D eigenvalue weighted by molar-refractivity contribution is -0.121. The van der Waals surface area contributed by atoms with Crippen LogP contribution in [0.1, 0.15) is 30.8 Å². The van der Waals surface area contributed by atoms with Gasteiger partial charge in [0.1, 0.15) is 5.01 Å². The number of likely N-dealkylation sites (tertiary alicyclic amines) is 1. The second kappa shape index (κ2) is 8.00. The van der Waals surface area contributed by atoms with Gasteiger partial charge in [0.2, 0.25) is 5.91 Å². The number of thiazole rings is 1. The van der Waals surface area contributed by atoms with E-state index in [1.807, 2.05) is 43.5 Å². The fraction of sp³-hybridized carbons (Fsp3) is 0.333. The molecule has 1 fully saturated rings. The van der Waals surface area contributed by atoms with Crippen molar-refractivity contribution in [3.8, 4) is 0 Å². The van der Waals surface area contributed by atoms with Crippen LogP contribution in [0.5, 0.6) is 0 Å². The number of carbonyl (C=O) groups excluding carboxylic acids is 1. The van der Waals surface area contributed by atoms with Crippen molar-refractivity contribution >= 4 is 44.9 Å². The zero-order valence-corrected chi connectivity index (χ0v) is 17.1. The van der Waals surface area contributed by atoms with Crippen molar-refractivity contribution in [2.75, 3.05) is 18.1 Å². The van der Waals surface area contributed by atoms with E-state index in [1.54, 1.807) is 23.1 Å². The van der Waals surface area contributed by atoms with Crippen LogP contribution in [0.3, 0.4) is 0 Å². The van der Waals surface area contributed by atoms with E-state index < -0.39 is 0 Å². The number of rotatable bonds is 5. The lowest BCUT2D eigenvalue weighted by atomic mass is 10.2. The molecule has 6 heteroatoms. The van der Waals surface area contributed by atoms with Crippen LogP contribution >= 0.6 is 23.1 Å². The third kappa shape index (κ3) is 3.74. The van der Waals surface area contributed by atoms with Crippen LogP contribution in [-0.4, -0.2) is 34.6 Å². The third-order valence-corrected chi connectivity index (χ3v) is 7.06. The summed E-state index contributed by atoms with van der Waals surface area (Å²) in [5.41, 5.74) is 1.94. The number of fused-ring (bicyclic) bond motifs is 1. The van der Waals surface area contributed by atoms with E-state index in [-0.39, 0.29) is 18.0 Å². The molecule has 27 heavy (non-hydrogen) atoms. The van der Waals surface area contributed by atoms with E-state index in [4.69, 9.17) is 4.98 Å². The number of hydrogen-bond donors (Lipinski definition) is 1. The number of anilines is 1. The van der Waals surface area contributed by atoms with Crippen LogP contribution in [0.25, 0.3) is 10.2 Å². The molecule has 1 aliphatic heterocycles. The molecule has 4 rings (SSSR count). The first-order valence-corrected chi connectivity index (χ1v) is 11.3. The molecule has 3 aromatic rings. The molecule has 2 atom stereocenters. The Kier molecular flexibility index (Phi) is 5.48. The molecule has 0 saturated carbocycles. The first-order valence-electron chi connectivity index (χ1n) is 9.22. The van der Waals surface area contributed by atoms with E-state index in [0.29, 0.717) is 0 Å². The van der Waals surface area contributed by atoms with Gasteiger partial charge in [-0.1, -0.05) is 24.3 Å². The van der Waals surface area contributed by atoms with Crippen LogP contribution < -0.4 is 5.32 Å². The molecule has 1 saturated heterocycles. The Labute approximate surface area is 168 Å². The van der Waals surface area contributed by atoms with Crippen molar-refractivity contribution in [2.24, 2.45) is 0 Å². The Bertz CT molecular complexity index is 922. The highest BCUT2D eigenvalue weighted by atomic mass is 32.2. The number of aromatic nitrogens is 1. The molecule has 2 aromatic carbocycles. The number of hydrogen-bond acceptors (Lipinski definition) is 5.